The highest BCUT2D eigenvalue weighted by molar-refractivity contribution is 5.46. The van der Waals surface area contributed by atoms with Gasteiger partial charge in [-0.1, -0.05) is 19.3 Å². The highest BCUT2D eigenvalue weighted by Gasteiger charge is 2.28. The summed E-state index contributed by atoms with van der Waals surface area (Å²) in [5.74, 6) is 2.62. The van der Waals surface area contributed by atoms with Gasteiger partial charge in [0.15, 0.2) is 0 Å². The molecule has 2 saturated carbocycles. The lowest BCUT2D eigenvalue weighted by Gasteiger charge is -2.22. The number of rotatable bonds is 3. The van der Waals surface area contributed by atoms with Crippen LogP contribution in [0.15, 0.2) is 6.07 Å². The molecule has 2 fully saturated rings. The summed E-state index contributed by atoms with van der Waals surface area (Å²) in [4.78, 5) is 8.83. The summed E-state index contributed by atoms with van der Waals surface area (Å²) in [5.41, 5.74) is 5.84. The van der Waals surface area contributed by atoms with E-state index in [2.05, 4.69) is 15.3 Å². The van der Waals surface area contributed by atoms with E-state index < -0.39 is 0 Å². The van der Waals surface area contributed by atoms with Crippen LogP contribution in [0, 0.1) is 0 Å². The highest BCUT2D eigenvalue weighted by atomic mass is 16.3. The number of hydrogen-bond donors (Lipinski definition) is 3. The largest absolute Gasteiger partial charge is 0.391 e. The molecule has 1 aromatic rings. The van der Waals surface area contributed by atoms with Crippen LogP contribution in [0.1, 0.15) is 56.7 Å². The van der Waals surface area contributed by atoms with Crippen molar-refractivity contribution in [3.8, 4) is 0 Å². The molecule has 0 amide bonds. The van der Waals surface area contributed by atoms with Crippen molar-refractivity contribution >= 4 is 11.6 Å². The van der Waals surface area contributed by atoms with E-state index in [0.29, 0.717) is 11.7 Å². The molecule has 0 radical (unpaired) electrons. The first-order chi connectivity index (χ1) is 9.22. The lowest BCUT2D eigenvalue weighted by molar-refractivity contribution is 0.144. The molecule has 2 aliphatic carbocycles. The maximum absolute atomic E-state index is 10.1. The van der Waals surface area contributed by atoms with Gasteiger partial charge in [0.1, 0.15) is 17.5 Å². The van der Waals surface area contributed by atoms with E-state index >= 15 is 0 Å². The normalized spacial score (nSPS) is 27.8. The Kier molecular flexibility index (Phi) is 3.55. The molecule has 0 saturated heterocycles. The number of nitrogens with zero attached hydrogens (tertiary/aromatic N) is 2. The third-order valence-electron chi connectivity index (χ3n) is 4.02. The minimum atomic E-state index is -0.289. The number of hydrogen-bond acceptors (Lipinski definition) is 5. The molecule has 5 nitrogen and oxygen atoms in total. The second-order valence-electron chi connectivity index (χ2n) is 5.77. The minimum Gasteiger partial charge on any atom is -0.391 e. The van der Waals surface area contributed by atoms with Gasteiger partial charge >= 0.3 is 0 Å². The van der Waals surface area contributed by atoms with Crippen molar-refractivity contribution in [3.05, 3.63) is 11.9 Å². The second kappa shape index (κ2) is 5.33. The molecule has 0 aliphatic heterocycles. The molecule has 0 bridgehead atoms. The van der Waals surface area contributed by atoms with Gasteiger partial charge in [-0.15, -0.1) is 0 Å². The van der Waals surface area contributed by atoms with Crippen LogP contribution in [0.2, 0.25) is 0 Å². The Bertz CT molecular complexity index is 447. The number of nitrogens with one attached hydrogen (secondary N) is 1. The summed E-state index contributed by atoms with van der Waals surface area (Å²) in [5, 5.41) is 13.5. The number of aliphatic hydroxyl groups excluding tert-OH is 1. The van der Waals surface area contributed by atoms with Crippen LogP contribution in [0.25, 0.3) is 0 Å². The van der Waals surface area contributed by atoms with Crippen LogP contribution < -0.4 is 11.1 Å². The molecular weight excluding hydrogens is 240 g/mol. The van der Waals surface area contributed by atoms with E-state index in [4.69, 9.17) is 5.73 Å². The van der Waals surface area contributed by atoms with Crippen LogP contribution >= 0.6 is 0 Å². The summed E-state index contributed by atoms with van der Waals surface area (Å²) in [6.07, 6.45) is 7.36. The average Bonchev–Trinajstić information content (AvgIpc) is 3.19. The molecule has 5 heteroatoms. The summed E-state index contributed by atoms with van der Waals surface area (Å²) in [6.45, 7) is 0. The van der Waals surface area contributed by atoms with Crippen molar-refractivity contribution in [2.75, 3.05) is 11.1 Å². The molecule has 2 unspecified atom stereocenters. The van der Waals surface area contributed by atoms with Crippen LogP contribution in [0.5, 0.6) is 0 Å². The summed E-state index contributed by atoms with van der Waals surface area (Å²) >= 11 is 0. The number of aliphatic hydroxyl groups is 1. The second-order valence-corrected chi connectivity index (χ2v) is 5.77. The summed E-state index contributed by atoms with van der Waals surface area (Å²) in [7, 11) is 0. The lowest BCUT2D eigenvalue weighted by atomic mass is 10.1. The van der Waals surface area contributed by atoms with E-state index in [9.17, 15) is 5.11 Å². The number of nitrogen functional groups attached to an aromatic ring is 1. The maximum atomic E-state index is 10.1. The Morgan fingerprint density at radius 3 is 2.68 bits per heavy atom. The SMILES string of the molecule is Nc1cc(NC2CCCCCC2O)nc(C2CC2)n1. The predicted molar refractivity (Wildman–Crippen MR) is 74.9 cm³/mol. The Balaban J connectivity index is 1.74. The van der Waals surface area contributed by atoms with E-state index in [1.54, 1.807) is 6.07 Å². The zero-order valence-electron chi connectivity index (χ0n) is 11.2. The first kappa shape index (κ1) is 12.7. The quantitative estimate of drug-likeness (QED) is 0.726. The van der Waals surface area contributed by atoms with Gasteiger partial charge in [0.25, 0.3) is 0 Å². The summed E-state index contributed by atoms with van der Waals surface area (Å²) in [6, 6.07) is 1.85. The Hall–Kier alpha value is -1.36. The van der Waals surface area contributed by atoms with Gasteiger partial charge in [-0.3, -0.25) is 0 Å². The van der Waals surface area contributed by atoms with Crippen LogP contribution in [0.3, 0.4) is 0 Å². The molecule has 1 heterocycles. The molecule has 0 spiro atoms. The van der Waals surface area contributed by atoms with Crippen molar-refractivity contribution in [3.63, 3.8) is 0 Å². The lowest BCUT2D eigenvalue weighted by Crippen LogP contribution is -2.33. The average molecular weight is 262 g/mol. The Morgan fingerprint density at radius 2 is 1.89 bits per heavy atom. The van der Waals surface area contributed by atoms with E-state index in [1.807, 2.05) is 0 Å². The van der Waals surface area contributed by atoms with Gasteiger partial charge in [0, 0.05) is 12.0 Å². The first-order valence-electron chi connectivity index (χ1n) is 7.31. The molecule has 1 aromatic heterocycles. The van der Waals surface area contributed by atoms with Gasteiger partial charge in [0.05, 0.1) is 12.1 Å². The number of anilines is 2. The molecule has 4 N–H and O–H groups in total. The van der Waals surface area contributed by atoms with Crippen molar-refractivity contribution in [2.45, 2.75) is 63.0 Å². The monoisotopic (exact) mass is 262 g/mol. The molecule has 19 heavy (non-hydrogen) atoms. The third-order valence-corrected chi connectivity index (χ3v) is 4.02. The van der Waals surface area contributed by atoms with Gasteiger partial charge in [-0.25, -0.2) is 9.97 Å². The van der Waals surface area contributed by atoms with Crippen LogP contribution in [-0.2, 0) is 0 Å². The Morgan fingerprint density at radius 1 is 1.11 bits per heavy atom. The smallest absolute Gasteiger partial charge is 0.136 e. The van der Waals surface area contributed by atoms with Gasteiger partial charge < -0.3 is 16.2 Å². The highest BCUT2D eigenvalue weighted by Crippen LogP contribution is 2.38. The van der Waals surface area contributed by atoms with Crippen molar-refractivity contribution in [1.82, 2.24) is 9.97 Å². The molecule has 104 valence electrons. The zero-order valence-corrected chi connectivity index (χ0v) is 11.2. The maximum Gasteiger partial charge on any atom is 0.136 e. The van der Waals surface area contributed by atoms with Crippen molar-refractivity contribution in [1.29, 1.82) is 0 Å². The molecule has 2 atom stereocenters. The zero-order chi connectivity index (χ0) is 13.2. The number of nitrogens with two attached hydrogens (primary N) is 1. The van der Waals surface area contributed by atoms with Crippen molar-refractivity contribution < 1.29 is 5.11 Å². The van der Waals surface area contributed by atoms with E-state index in [-0.39, 0.29) is 12.1 Å². The van der Waals surface area contributed by atoms with Gasteiger partial charge in [-0.2, -0.15) is 0 Å². The molecule has 0 aromatic carbocycles. The van der Waals surface area contributed by atoms with Crippen LogP contribution in [0.4, 0.5) is 11.6 Å². The fourth-order valence-electron chi connectivity index (χ4n) is 2.73. The molecule has 2 aliphatic rings. The van der Waals surface area contributed by atoms with E-state index in [1.165, 1.54) is 6.42 Å². The summed E-state index contributed by atoms with van der Waals surface area (Å²) < 4.78 is 0. The van der Waals surface area contributed by atoms with Crippen molar-refractivity contribution in [2.24, 2.45) is 0 Å². The van der Waals surface area contributed by atoms with E-state index in [0.717, 1.165) is 50.2 Å². The predicted octanol–water partition coefficient (Wildman–Crippen LogP) is 2.04. The fraction of sp³-hybridized carbons (Fsp3) is 0.714. The fourth-order valence-corrected chi connectivity index (χ4v) is 2.73. The van der Waals surface area contributed by atoms with Gasteiger partial charge in [-0.05, 0) is 25.7 Å². The standard InChI is InChI=1S/C14H22N4O/c15-12-8-13(18-14(17-12)9-6-7-9)16-10-4-2-1-3-5-11(10)19/h8-11,19H,1-7H2,(H3,15,16,17,18). The molecular formula is C14H22N4O. The topological polar surface area (TPSA) is 84.1 Å². The Labute approximate surface area is 113 Å². The molecule has 3 rings (SSSR count). The third kappa shape index (κ3) is 3.15. The number of aromatic nitrogens is 2. The minimum absolute atomic E-state index is 0.0869. The van der Waals surface area contributed by atoms with Crippen LogP contribution in [-0.4, -0.2) is 27.2 Å². The first-order valence-corrected chi connectivity index (χ1v) is 7.31. The van der Waals surface area contributed by atoms with Gasteiger partial charge in [0.2, 0.25) is 0 Å².